The summed E-state index contributed by atoms with van der Waals surface area (Å²) < 4.78 is 127. The molecular weight excluding hydrogens is 428 g/mol. The highest BCUT2D eigenvalue weighted by molar-refractivity contribution is 7.93. The molecule has 1 unspecified atom stereocenters. The molecule has 28 heavy (non-hydrogen) atoms. The van der Waals surface area contributed by atoms with Gasteiger partial charge in [-0.15, -0.1) is 0 Å². The summed E-state index contributed by atoms with van der Waals surface area (Å²) in [5, 5.41) is 12.0. The van der Waals surface area contributed by atoms with Gasteiger partial charge >= 0.3 is 18.3 Å². The average Bonchev–Trinajstić information content (AvgIpc) is 2.51. The molecule has 1 saturated carbocycles. The Morgan fingerprint density at radius 3 is 1.93 bits per heavy atom. The van der Waals surface area contributed by atoms with E-state index >= 15 is 0 Å². The van der Waals surface area contributed by atoms with Gasteiger partial charge in [-0.2, -0.15) is 40.4 Å². The molecule has 14 heteroatoms. The van der Waals surface area contributed by atoms with Crippen molar-refractivity contribution in [2.45, 2.75) is 55.1 Å². The van der Waals surface area contributed by atoms with Crippen molar-refractivity contribution >= 4 is 15.5 Å². The van der Waals surface area contributed by atoms with Gasteiger partial charge in [-0.25, -0.2) is 8.42 Å². The zero-order valence-electron chi connectivity index (χ0n) is 14.4. The molecule has 0 amide bonds. The molecule has 0 spiro atoms. The molecule has 1 atom stereocenters. The van der Waals surface area contributed by atoms with Crippen molar-refractivity contribution in [3.8, 4) is 6.07 Å². The Bertz CT molecular complexity index is 729. The van der Waals surface area contributed by atoms with Crippen molar-refractivity contribution < 1.29 is 48.4 Å². The Morgan fingerprint density at radius 2 is 1.57 bits per heavy atom. The molecule has 0 aromatic rings. The highest BCUT2D eigenvalue weighted by Crippen LogP contribution is 2.55. The van der Waals surface area contributed by atoms with E-state index in [2.05, 4.69) is 9.99 Å². The minimum absolute atomic E-state index is 0.218. The Balaban J connectivity index is 3.61. The lowest BCUT2D eigenvalue weighted by Crippen LogP contribution is -2.62. The van der Waals surface area contributed by atoms with Crippen molar-refractivity contribution in [2.24, 2.45) is 11.1 Å². The molecule has 1 fully saturated rings. The van der Waals surface area contributed by atoms with Crippen LogP contribution in [0.25, 0.3) is 0 Å². The molecule has 0 aromatic carbocycles. The maximum absolute atomic E-state index is 13.9. The van der Waals surface area contributed by atoms with Crippen LogP contribution >= 0.6 is 0 Å². The maximum atomic E-state index is 13.9. The molecular formula is C14H16F8N2O3S. The van der Waals surface area contributed by atoms with Gasteiger partial charge in [0.25, 0.3) is 0 Å². The van der Waals surface area contributed by atoms with Gasteiger partial charge in [0, 0.05) is 6.42 Å². The van der Waals surface area contributed by atoms with E-state index in [4.69, 9.17) is 5.26 Å². The molecule has 1 rings (SSSR count). The number of sulfone groups is 1. The first kappa shape index (κ1) is 24.4. The third-order valence-electron chi connectivity index (χ3n) is 4.63. The molecule has 0 heterocycles. The van der Waals surface area contributed by atoms with Gasteiger partial charge in [0.1, 0.15) is 12.9 Å². The van der Waals surface area contributed by atoms with Gasteiger partial charge in [0.05, 0.1) is 11.8 Å². The van der Waals surface area contributed by atoms with Crippen molar-refractivity contribution in [2.75, 3.05) is 12.9 Å². The minimum Gasteiger partial charge on any atom is -0.399 e. The lowest BCUT2D eigenvalue weighted by atomic mass is 9.75. The molecule has 0 aromatic heterocycles. The SMILES string of the molecule is CON=C1CCC(C(CC(F)(F)C(F)(F)F)(C(F)(F)F)S(=O)(=O)CC#N)CC1. The third kappa shape index (κ3) is 4.49. The number of oxime groups is 1. The van der Waals surface area contributed by atoms with Crippen LogP contribution in [0.4, 0.5) is 35.1 Å². The normalized spacial score (nSPS) is 21.6. The van der Waals surface area contributed by atoms with Crippen LogP contribution in [0.2, 0.25) is 0 Å². The monoisotopic (exact) mass is 444 g/mol. The summed E-state index contributed by atoms with van der Waals surface area (Å²) in [6.45, 7) is 0. The van der Waals surface area contributed by atoms with Gasteiger partial charge < -0.3 is 4.84 Å². The summed E-state index contributed by atoms with van der Waals surface area (Å²) in [6, 6.07) is 0.920. The second-order valence-corrected chi connectivity index (χ2v) is 8.54. The largest absolute Gasteiger partial charge is 0.453 e. The van der Waals surface area contributed by atoms with Crippen LogP contribution in [0.15, 0.2) is 5.16 Å². The van der Waals surface area contributed by atoms with Gasteiger partial charge in [0.15, 0.2) is 14.6 Å². The fraction of sp³-hybridized carbons (Fsp3) is 0.857. The topological polar surface area (TPSA) is 79.5 Å². The molecule has 162 valence electrons. The van der Waals surface area contributed by atoms with Crippen LogP contribution in [0.5, 0.6) is 0 Å². The molecule has 1 aliphatic rings. The van der Waals surface area contributed by atoms with E-state index in [0.29, 0.717) is 0 Å². The van der Waals surface area contributed by atoms with E-state index in [1.54, 1.807) is 0 Å². The zero-order chi connectivity index (χ0) is 22.0. The Morgan fingerprint density at radius 1 is 1.07 bits per heavy atom. The summed E-state index contributed by atoms with van der Waals surface area (Å²) in [5.41, 5.74) is 0.218. The quantitative estimate of drug-likeness (QED) is 0.458. The van der Waals surface area contributed by atoms with E-state index in [9.17, 15) is 43.5 Å². The number of nitriles is 1. The predicted molar refractivity (Wildman–Crippen MR) is 80.2 cm³/mol. The molecule has 0 N–H and O–H groups in total. The molecule has 1 aliphatic carbocycles. The van der Waals surface area contributed by atoms with Gasteiger partial charge in [-0.3, -0.25) is 0 Å². The second-order valence-electron chi connectivity index (χ2n) is 6.30. The van der Waals surface area contributed by atoms with E-state index in [1.165, 1.54) is 0 Å². The lowest BCUT2D eigenvalue weighted by Gasteiger charge is -2.44. The first-order valence-corrected chi connectivity index (χ1v) is 9.40. The van der Waals surface area contributed by atoms with E-state index in [0.717, 1.165) is 13.2 Å². The Hall–Kier alpha value is -1.65. The summed E-state index contributed by atoms with van der Waals surface area (Å²) in [4.78, 5) is 4.44. The van der Waals surface area contributed by atoms with Gasteiger partial charge in [0.2, 0.25) is 0 Å². The van der Waals surface area contributed by atoms with Crippen molar-refractivity contribution in [1.29, 1.82) is 5.26 Å². The molecule has 0 aliphatic heterocycles. The number of nitrogens with zero attached hydrogens (tertiary/aromatic N) is 2. The first-order chi connectivity index (χ1) is 12.6. The molecule has 0 radical (unpaired) electrons. The van der Waals surface area contributed by atoms with Crippen molar-refractivity contribution in [3.05, 3.63) is 0 Å². The van der Waals surface area contributed by atoms with Crippen LogP contribution < -0.4 is 0 Å². The first-order valence-electron chi connectivity index (χ1n) is 7.75. The number of alkyl halides is 8. The second kappa shape index (κ2) is 8.00. The van der Waals surface area contributed by atoms with Crippen LogP contribution in [-0.2, 0) is 14.7 Å². The van der Waals surface area contributed by atoms with Crippen LogP contribution in [0.1, 0.15) is 32.1 Å². The summed E-state index contributed by atoms with van der Waals surface area (Å²) in [6.07, 6.45) is -17.3. The summed E-state index contributed by atoms with van der Waals surface area (Å²) in [5.74, 6) is -9.91. The third-order valence-corrected chi connectivity index (χ3v) is 6.96. The highest BCUT2D eigenvalue weighted by Gasteiger charge is 2.74. The number of rotatable bonds is 6. The maximum Gasteiger partial charge on any atom is 0.453 e. The van der Waals surface area contributed by atoms with E-state index in [-0.39, 0.29) is 18.6 Å². The highest BCUT2D eigenvalue weighted by atomic mass is 32.2. The van der Waals surface area contributed by atoms with E-state index in [1.807, 2.05) is 0 Å². The van der Waals surface area contributed by atoms with E-state index < -0.39 is 63.8 Å². The fourth-order valence-electron chi connectivity index (χ4n) is 3.30. The number of hydrogen-bond acceptors (Lipinski definition) is 5. The molecule has 0 saturated heterocycles. The zero-order valence-corrected chi connectivity index (χ0v) is 15.2. The van der Waals surface area contributed by atoms with Gasteiger partial charge in [-0.05, 0) is 31.6 Å². The van der Waals surface area contributed by atoms with Crippen molar-refractivity contribution in [3.63, 3.8) is 0 Å². The molecule has 5 nitrogen and oxygen atoms in total. The summed E-state index contributed by atoms with van der Waals surface area (Å²) >= 11 is 0. The molecule has 0 bridgehead atoms. The van der Waals surface area contributed by atoms with Crippen LogP contribution in [0.3, 0.4) is 0 Å². The predicted octanol–water partition coefficient (Wildman–Crippen LogP) is 4.01. The smallest absolute Gasteiger partial charge is 0.399 e. The fourth-order valence-corrected chi connectivity index (χ4v) is 5.22. The number of hydrogen-bond donors (Lipinski definition) is 0. The lowest BCUT2D eigenvalue weighted by molar-refractivity contribution is -0.299. The van der Waals surface area contributed by atoms with Gasteiger partial charge in [-0.1, -0.05) is 5.16 Å². The Labute approximate surface area is 155 Å². The number of halogens is 8. The summed E-state index contributed by atoms with van der Waals surface area (Å²) in [7, 11) is -4.61. The Kier molecular flexibility index (Phi) is 6.97. The van der Waals surface area contributed by atoms with Crippen LogP contribution in [-0.4, -0.2) is 50.0 Å². The van der Waals surface area contributed by atoms with Crippen LogP contribution in [0, 0.1) is 17.2 Å². The minimum atomic E-state index is -6.40. The van der Waals surface area contributed by atoms with Crippen molar-refractivity contribution in [1.82, 2.24) is 0 Å². The standard InChI is InChI=1S/C14H16F8N2O3S/c1-27-24-10-4-2-9(3-5-10)11(13(17,18)19,28(25,26)7-6-23)8-12(15,16)14(20,21)22/h9H,2-5,7-8H2,1H3. The average molecular weight is 444 g/mol.